The van der Waals surface area contributed by atoms with E-state index >= 15 is 0 Å². The highest BCUT2D eigenvalue weighted by Crippen LogP contribution is 2.22. The van der Waals surface area contributed by atoms with Crippen LogP contribution in [0.1, 0.15) is 44.8 Å². The molecule has 2 fully saturated rings. The standard InChI is InChI=1S/C16H29N5/c1-13(2)21-12-18-9-16(21)11-19-6-5-15(10-19)20-7-3-14(17)4-8-20/h9,12-15H,3-8,10-11,17H2,1-2H3. The average molecular weight is 291 g/mol. The van der Waals surface area contributed by atoms with Crippen LogP contribution < -0.4 is 5.73 Å². The van der Waals surface area contributed by atoms with Gasteiger partial charge in [0.15, 0.2) is 0 Å². The second-order valence-electron chi connectivity index (χ2n) is 6.94. The minimum atomic E-state index is 0.430. The van der Waals surface area contributed by atoms with Gasteiger partial charge in [0.05, 0.1) is 12.0 Å². The molecule has 0 amide bonds. The smallest absolute Gasteiger partial charge is 0.0951 e. The zero-order chi connectivity index (χ0) is 14.8. The molecule has 2 N–H and O–H groups in total. The van der Waals surface area contributed by atoms with Crippen molar-refractivity contribution < 1.29 is 0 Å². The van der Waals surface area contributed by atoms with Crippen LogP contribution in [0.2, 0.25) is 0 Å². The number of hydrogen-bond acceptors (Lipinski definition) is 4. The van der Waals surface area contributed by atoms with Gasteiger partial charge in [0, 0.05) is 44.0 Å². The molecule has 0 radical (unpaired) electrons. The lowest BCUT2D eigenvalue weighted by Gasteiger charge is -2.34. The summed E-state index contributed by atoms with van der Waals surface area (Å²) in [5.41, 5.74) is 7.35. The Kier molecular flexibility index (Phi) is 4.62. The minimum Gasteiger partial charge on any atom is -0.331 e. The molecule has 5 heteroatoms. The van der Waals surface area contributed by atoms with Crippen LogP contribution in [-0.2, 0) is 6.54 Å². The molecule has 2 saturated heterocycles. The number of aromatic nitrogens is 2. The summed E-state index contributed by atoms with van der Waals surface area (Å²) in [6.07, 6.45) is 7.60. The van der Waals surface area contributed by atoms with E-state index in [0.29, 0.717) is 12.1 Å². The topological polar surface area (TPSA) is 50.3 Å². The van der Waals surface area contributed by atoms with Crippen molar-refractivity contribution in [1.82, 2.24) is 19.4 Å². The van der Waals surface area contributed by atoms with E-state index in [1.165, 1.54) is 38.3 Å². The number of nitrogens with two attached hydrogens (primary N) is 1. The fraction of sp³-hybridized carbons (Fsp3) is 0.812. The highest BCUT2D eigenvalue weighted by molar-refractivity contribution is 5.01. The first-order valence-electron chi connectivity index (χ1n) is 8.36. The largest absolute Gasteiger partial charge is 0.331 e. The third-order valence-electron chi connectivity index (χ3n) is 5.03. The van der Waals surface area contributed by atoms with Crippen molar-refractivity contribution in [2.24, 2.45) is 5.73 Å². The molecule has 5 nitrogen and oxygen atoms in total. The molecule has 0 aromatic carbocycles. The highest BCUT2D eigenvalue weighted by Gasteiger charge is 2.30. The normalized spacial score (nSPS) is 26.0. The van der Waals surface area contributed by atoms with Gasteiger partial charge in [-0.25, -0.2) is 4.98 Å². The maximum Gasteiger partial charge on any atom is 0.0951 e. The summed E-state index contributed by atoms with van der Waals surface area (Å²) in [5, 5.41) is 0. The Hall–Kier alpha value is -0.910. The molecule has 1 aromatic heterocycles. The Bertz CT molecular complexity index is 447. The zero-order valence-electron chi connectivity index (χ0n) is 13.4. The van der Waals surface area contributed by atoms with Gasteiger partial charge in [0.1, 0.15) is 0 Å². The van der Waals surface area contributed by atoms with Crippen LogP contribution in [0, 0.1) is 0 Å². The fourth-order valence-electron chi connectivity index (χ4n) is 3.69. The number of likely N-dealkylation sites (tertiary alicyclic amines) is 2. The van der Waals surface area contributed by atoms with Crippen molar-refractivity contribution in [1.29, 1.82) is 0 Å². The quantitative estimate of drug-likeness (QED) is 0.912. The molecule has 2 aliphatic heterocycles. The molecule has 0 bridgehead atoms. The van der Waals surface area contributed by atoms with Crippen molar-refractivity contribution in [2.75, 3.05) is 26.2 Å². The van der Waals surface area contributed by atoms with Gasteiger partial charge in [-0.05, 0) is 46.2 Å². The minimum absolute atomic E-state index is 0.430. The van der Waals surface area contributed by atoms with Crippen LogP contribution in [0.5, 0.6) is 0 Å². The van der Waals surface area contributed by atoms with Crippen LogP contribution >= 0.6 is 0 Å². The van der Waals surface area contributed by atoms with E-state index in [1.54, 1.807) is 0 Å². The Labute approximate surface area is 128 Å². The van der Waals surface area contributed by atoms with Gasteiger partial charge in [0.2, 0.25) is 0 Å². The lowest BCUT2D eigenvalue weighted by atomic mass is 10.0. The summed E-state index contributed by atoms with van der Waals surface area (Å²) in [4.78, 5) is 9.55. The lowest BCUT2D eigenvalue weighted by molar-refractivity contribution is 0.151. The summed E-state index contributed by atoms with van der Waals surface area (Å²) in [5.74, 6) is 0. The predicted molar refractivity (Wildman–Crippen MR) is 85.1 cm³/mol. The summed E-state index contributed by atoms with van der Waals surface area (Å²) in [7, 11) is 0. The molecule has 0 aliphatic carbocycles. The molecule has 0 spiro atoms. The maximum atomic E-state index is 6.01. The third kappa shape index (κ3) is 3.47. The predicted octanol–water partition coefficient (Wildman–Crippen LogP) is 1.46. The van der Waals surface area contributed by atoms with E-state index in [2.05, 4.69) is 33.2 Å². The number of nitrogens with zero attached hydrogens (tertiary/aromatic N) is 4. The van der Waals surface area contributed by atoms with Gasteiger partial charge < -0.3 is 10.3 Å². The van der Waals surface area contributed by atoms with Gasteiger partial charge in [-0.15, -0.1) is 0 Å². The van der Waals surface area contributed by atoms with Gasteiger partial charge >= 0.3 is 0 Å². The van der Waals surface area contributed by atoms with Crippen molar-refractivity contribution >= 4 is 0 Å². The average Bonchev–Trinajstić information content (AvgIpc) is 3.09. The van der Waals surface area contributed by atoms with E-state index in [1.807, 2.05) is 12.5 Å². The lowest BCUT2D eigenvalue weighted by Crippen LogP contribution is -2.46. The molecule has 1 unspecified atom stereocenters. The molecule has 3 heterocycles. The summed E-state index contributed by atoms with van der Waals surface area (Å²) in [6.45, 7) is 10.2. The molecule has 3 rings (SSSR count). The van der Waals surface area contributed by atoms with Crippen molar-refractivity contribution in [3.05, 3.63) is 18.2 Å². The first-order chi connectivity index (χ1) is 10.1. The molecule has 1 aromatic rings. The molecule has 1 atom stereocenters. The number of piperidine rings is 1. The number of hydrogen-bond donors (Lipinski definition) is 1. The van der Waals surface area contributed by atoms with Crippen molar-refractivity contribution in [3.63, 3.8) is 0 Å². The Balaban J connectivity index is 1.54. The van der Waals surface area contributed by atoms with Gasteiger partial charge in [0.25, 0.3) is 0 Å². The summed E-state index contributed by atoms with van der Waals surface area (Å²) in [6, 6.07) is 1.65. The Morgan fingerprint density at radius 2 is 2.00 bits per heavy atom. The van der Waals surface area contributed by atoms with Crippen molar-refractivity contribution in [3.8, 4) is 0 Å². The summed E-state index contributed by atoms with van der Waals surface area (Å²) >= 11 is 0. The van der Waals surface area contributed by atoms with E-state index < -0.39 is 0 Å². The van der Waals surface area contributed by atoms with E-state index in [0.717, 1.165) is 25.4 Å². The van der Waals surface area contributed by atoms with Crippen LogP contribution in [0.4, 0.5) is 0 Å². The first kappa shape index (κ1) is 15.0. The molecule has 118 valence electrons. The molecule has 2 aliphatic rings. The van der Waals surface area contributed by atoms with Gasteiger partial charge in [-0.1, -0.05) is 0 Å². The number of imidazole rings is 1. The van der Waals surface area contributed by atoms with Crippen LogP contribution in [0.15, 0.2) is 12.5 Å². The maximum absolute atomic E-state index is 6.01. The zero-order valence-corrected chi connectivity index (χ0v) is 13.4. The van der Waals surface area contributed by atoms with E-state index in [9.17, 15) is 0 Å². The molecular formula is C16H29N5. The molecular weight excluding hydrogens is 262 g/mol. The van der Waals surface area contributed by atoms with Crippen LogP contribution in [0.25, 0.3) is 0 Å². The second-order valence-corrected chi connectivity index (χ2v) is 6.94. The van der Waals surface area contributed by atoms with E-state index in [-0.39, 0.29) is 0 Å². The second kappa shape index (κ2) is 6.46. The van der Waals surface area contributed by atoms with Gasteiger partial charge in [-0.3, -0.25) is 9.80 Å². The monoisotopic (exact) mass is 291 g/mol. The molecule has 21 heavy (non-hydrogen) atoms. The fourth-order valence-corrected chi connectivity index (χ4v) is 3.69. The van der Waals surface area contributed by atoms with Gasteiger partial charge in [-0.2, -0.15) is 0 Å². The number of rotatable bonds is 4. The van der Waals surface area contributed by atoms with E-state index in [4.69, 9.17) is 5.73 Å². The van der Waals surface area contributed by atoms with Crippen LogP contribution in [0.3, 0.4) is 0 Å². The van der Waals surface area contributed by atoms with Crippen molar-refractivity contribution in [2.45, 2.75) is 57.8 Å². The van der Waals surface area contributed by atoms with Crippen LogP contribution in [-0.4, -0.2) is 57.6 Å². The summed E-state index contributed by atoms with van der Waals surface area (Å²) < 4.78 is 2.28. The Morgan fingerprint density at radius 3 is 2.71 bits per heavy atom. The SMILES string of the molecule is CC(C)n1cncc1CN1CCC(N2CCC(N)CC2)C1. The molecule has 0 saturated carbocycles. The Morgan fingerprint density at radius 1 is 1.24 bits per heavy atom. The third-order valence-corrected chi connectivity index (χ3v) is 5.03. The highest BCUT2D eigenvalue weighted by atomic mass is 15.3. The first-order valence-corrected chi connectivity index (χ1v) is 8.36.